The van der Waals surface area contributed by atoms with Gasteiger partial charge in [0.1, 0.15) is 11.5 Å². The van der Waals surface area contributed by atoms with Gasteiger partial charge in [-0.05, 0) is 25.5 Å². The van der Waals surface area contributed by atoms with E-state index in [-0.39, 0.29) is 17.1 Å². The lowest BCUT2D eigenvalue weighted by molar-refractivity contribution is 0.112. The number of aryl methyl sites for hydroxylation is 1. The molecule has 0 spiro atoms. The summed E-state index contributed by atoms with van der Waals surface area (Å²) in [5, 5.41) is 18.6. The summed E-state index contributed by atoms with van der Waals surface area (Å²) in [6, 6.07) is 1.43. The van der Waals surface area contributed by atoms with Crippen LogP contribution >= 0.6 is 0 Å². The predicted molar refractivity (Wildman–Crippen MR) is 44.6 cm³/mol. The molecule has 0 aliphatic carbocycles. The first-order valence-corrected chi connectivity index (χ1v) is 3.55. The van der Waals surface area contributed by atoms with E-state index in [0.29, 0.717) is 17.4 Å². The topological polar surface area (TPSA) is 57.5 Å². The van der Waals surface area contributed by atoms with Crippen LogP contribution in [-0.2, 0) is 0 Å². The van der Waals surface area contributed by atoms with Gasteiger partial charge < -0.3 is 10.2 Å². The number of aldehydes is 1. The van der Waals surface area contributed by atoms with E-state index < -0.39 is 0 Å². The lowest BCUT2D eigenvalue weighted by Gasteiger charge is -2.06. The number of hydrogen-bond donors (Lipinski definition) is 2. The van der Waals surface area contributed by atoms with Crippen molar-refractivity contribution < 1.29 is 15.0 Å². The van der Waals surface area contributed by atoms with Gasteiger partial charge in [-0.1, -0.05) is 0 Å². The maximum Gasteiger partial charge on any atom is 0.154 e. The van der Waals surface area contributed by atoms with Crippen molar-refractivity contribution in [2.24, 2.45) is 0 Å². The molecule has 0 saturated carbocycles. The summed E-state index contributed by atoms with van der Waals surface area (Å²) >= 11 is 0. The third-order valence-electron chi connectivity index (χ3n) is 1.89. The van der Waals surface area contributed by atoms with Crippen molar-refractivity contribution in [2.75, 3.05) is 0 Å². The highest BCUT2D eigenvalue weighted by molar-refractivity contribution is 5.83. The van der Waals surface area contributed by atoms with Crippen molar-refractivity contribution in [2.45, 2.75) is 13.8 Å². The zero-order valence-corrected chi connectivity index (χ0v) is 6.96. The molecule has 0 aromatic heterocycles. The van der Waals surface area contributed by atoms with Gasteiger partial charge >= 0.3 is 0 Å². The van der Waals surface area contributed by atoms with Crippen molar-refractivity contribution in [3.05, 3.63) is 22.8 Å². The molecular formula is C9H10O3. The zero-order valence-electron chi connectivity index (χ0n) is 6.96. The standard InChI is InChI=1S/C9H10O3/c1-5-3-8(11)6(2)7(4-10)9(5)12/h3-4,11-12H,1-2H3. The van der Waals surface area contributed by atoms with Gasteiger partial charge in [-0.15, -0.1) is 0 Å². The van der Waals surface area contributed by atoms with Gasteiger partial charge in [0.05, 0.1) is 5.56 Å². The fraction of sp³-hybridized carbons (Fsp3) is 0.222. The molecule has 1 rings (SSSR count). The third-order valence-corrected chi connectivity index (χ3v) is 1.89. The summed E-state index contributed by atoms with van der Waals surface area (Å²) in [7, 11) is 0. The van der Waals surface area contributed by atoms with Crippen LogP contribution in [0, 0.1) is 13.8 Å². The van der Waals surface area contributed by atoms with Crippen molar-refractivity contribution in [3.63, 3.8) is 0 Å². The average Bonchev–Trinajstić information content (AvgIpc) is 2.02. The van der Waals surface area contributed by atoms with Crippen LogP contribution in [-0.4, -0.2) is 16.5 Å². The van der Waals surface area contributed by atoms with Crippen LogP contribution in [0.2, 0.25) is 0 Å². The second-order valence-corrected chi connectivity index (χ2v) is 2.72. The molecule has 0 unspecified atom stereocenters. The Labute approximate surface area is 70.3 Å². The quantitative estimate of drug-likeness (QED) is 0.491. The van der Waals surface area contributed by atoms with Crippen molar-refractivity contribution in [1.29, 1.82) is 0 Å². The highest BCUT2D eigenvalue weighted by atomic mass is 16.3. The summed E-state index contributed by atoms with van der Waals surface area (Å²) in [6.07, 6.45) is 0.539. The van der Waals surface area contributed by atoms with E-state index in [0.717, 1.165) is 0 Å². The van der Waals surface area contributed by atoms with Crippen LogP contribution in [0.5, 0.6) is 11.5 Å². The van der Waals surface area contributed by atoms with Crippen LogP contribution in [0.1, 0.15) is 21.5 Å². The molecule has 3 heteroatoms. The Kier molecular flexibility index (Phi) is 2.04. The molecule has 3 nitrogen and oxygen atoms in total. The minimum absolute atomic E-state index is 0.0346. The van der Waals surface area contributed by atoms with E-state index >= 15 is 0 Å². The SMILES string of the molecule is Cc1cc(O)c(C)c(C=O)c1O. The smallest absolute Gasteiger partial charge is 0.154 e. The molecule has 0 atom stereocenters. The fourth-order valence-electron chi connectivity index (χ4n) is 1.05. The summed E-state index contributed by atoms with van der Waals surface area (Å²) in [4.78, 5) is 10.5. The van der Waals surface area contributed by atoms with E-state index in [9.17, 15) is 15.0 Å². The molecule has 0 amide bonds. The number of benzene rings is 1. The Balaban J connectivity index is 3.52. The van der Waals surface area contributed by atoms with Crippen LogP contribution in [0.4, 0.5) is 0 Å². The third kappa shape index (κ3) is 1.13. The zero-order chi connectivity index (χ0) is 9.30. The molecule has 2 N–H and O–H groups in total. The van der Waals surface area contributed by atoms with Gasteiger partial charge in [0.25, 0.3) is 0 Å². The molecule has 0 fully saturated rings. The van der Waals surface area contributed by atoms with Gasteiger partial charge in [0, 0.05) is 5.56 Å². The number of phenols is 2. The summed E-state index contributed by atoms with van der Waals surface area (Å²) in [6.45, 7) is 3.21. The minimum Gasteiger partial charge on any atom is -0.508 e. The summed E-state index contributed by atoms with van der Waals surface area (Å²) in [5.74, 6) is -0.0206. The van der Waals surface area contributed by atoms with Crippen molar-refractivity contribution in [3.8, 4) is 11.5 Å². The first kappa shape index (κ1) is 8.59. The lowest BCUT2D eigenvalue weighted by Crippen LogP contribution is -1.90. The van der Waals surface area contributed by atoms with Gasteiger partial charge in [-0.2, -0.15) is 0 Å². The largest absolute Gasteiger partial charge is 0.508 e. The Bertz CT molecular complexity index is 303. The van der Waals surface area contributed by atoms with Crippen molar-refractivity contribution >= 4 is 6.29 Å². The van der Waals surface area contributed by atoms with E-state index in [1.165, 1.54) is 6.07 Å². The molecule has 0 aliphatic rings. The molecule has 0 saturated heterocycles. The van der Waals surface area contributed by atoms with E-state index in [1.54, 1.807) is 13.8 Å². The molecule has 0 bridgehead atoms. The van der Waals surface area contributed by atoms with Gasteiger partial charge in [0.2, 0.25) is 0 Å². The monoisotopic (exact) mass is 166 g/mol. The first-order chi connectivity index (χ1) is 5.57. The van der Waals surface area contributed by atoms with Gasteiger partial charge in [-0.3, -0.25) is 4.79 Å². The maximum atomic E-state index is 10.5. The van der Waals surface area contributed by atoms with Crippen molar-refractivity contribution in [1.82, 2.24) is 0 Å². The molecule has 1 aromatic carbocycles. The van der Waals surface area contributed by atoms with Crippen LogP contribution in [0.3, 0.4) is 0 Å². The fourth-order valence-corrected chi connectivity index (χ4v) is 1.05. The molecule has 1 aromatic rings. The van der Waals surface area contributed by atoms with Crippen LogP contribution < -0.4 is 0 Å². The molecule has 0 radical (unpaired) electrons. The highest BCUT2D eigenvalue weighted by Crippen LogP contribution is 2.30. The number of carbonyl (C=O) groups excluding carboxylic acids is 1. The van der Waals surface area contributed by atoms with E-state index in [2.05, 4.69) is 0 Å². The van der Waals surface area contributed by atoms with E-state index in [1.807, 2.05) is 0 Å². The van der Waals surface area contributed by atoms with Crippen LogP contribution in [0.25, 0.3) is 0 Å². The predicted octanol–water partition coefficient (Wildman–Crippen LogP) is 1.53. The summed E-state index contributed by atoms with van der Waals surface area (Å²) < 4.78 is 0. The molecular weight excluding hydrogens is 156 g/mol. The Morgan fingerprint density at radius 1 is 1.33 bits per heavy atom. The number of carbonyl (C=O) groups is 1. The number of hydrogen-bond acceptors (Lipinski definition) is 3. The maximum absolute atomic E-state index is 10.5. The average molecular weight is 166 g/mol. The number of aromatic hydroxyl groups is 2. The molecule has 12 heavy (non-hydrogen) atoms. The van der Waals surface area contributed by atoms with Gasteiger partial charge in [-0.25, -0.2) is 0 Å². The normalized spacial score (nSPS) is 9.83. The lowest BCUT2D eigenvalue weighted by atomic mass is 10.0. The minimum atomic E-state index is -0.0553. The Morgan fingerprint density at radius 3 is 2.42 bits per heavy atom. The number of rotatable bonds is 1. The van der Waals surface area contributed by atoms with E-state index in [4.69, 9.17) is 0 Å². The first-order valence-electron chi connectivity index (χ1n) is 3.55. The van der Waals surface area contributed by atoms with Gasteiger partial charge in [0.15, 0.2) is 6.29 Å². The molecule has 0 aliphatic heterocycles. The second kappa shape index (κ2) is 2.85. The second-order valence-electron chi connectivity index (χ2n) is 2.72. The Hall–Kier alpha value is -1.51. The number of phenolic OH excluding ortho intramolecular Hbond substituents is 2. The summed E-state index contributed by atoms with van der Waals surface area (Å²) in [5.41, 5.74) is 1.07. The van der Waals surface area contributed by atoms with Crippen LogP contribution in [0.15, 0.2) is 6.07 Å². The molecule has 0 heterocycles. The molecule has 64 valence electrons. The Morgan fingerprint density at radius 2 is 1.92 bits per heavy atom. The highest BCUT2D eigenvalue weighted by Gasteiger charge is 2.10.